The van der Waals surface area contributed by atoms with Gasteiger partial charge < -0.3 is 10.8 Å². The van der Waals surface area contributed by atoms with Crippen LogP contribution in [0.15, 0.2) is 0 Å². The van der Waals surface area contributed by atoms with Gasteiger partial charge in [-0.05, 0) is 31.7 Å². The molecule has 100 valence electrons. The van der Waals surface area contributed by atoms with Gasteiger partial charge in [-0.2, -0.15) is 0 Å². The van der Waals surface area contributed by atoms with Crippen molar-refractivity contribution < 1.29 is 18.3 Å². The summed E-state index contributed by atoms with van der Waals surface area (Å²) in [5.74, 6) is -0.616. The molecule has 1 aliphatic heterocycles. The van der Waals surface area contributed by atoms with Gasteiger partial charge in [0.25, 0.3) is 0 Å². The minimum Gasteiger partial charge on any atom is -0.481 e. The van der Waals surface area contributed by atoms with Gasteiger partial charge in [0.05, 0.1) is 5.75 Å². The molecule has 0 aromatic carbocycles. The van der Waals surface area contributed by atoms with E-state index in [0.717, 1.165) is 12.8 Å². The Balaban J connectivity index is 2.40. The van der Waals surface area contributed by atoms with E-state index in [9.17, 15) is 13.2 Å². The molecule has 0 aromatic heterocycles. The first-order valence-corrected chi connectivity index (χ1v) is 7.46. The molecular formula is C10H20N2O4S. The molecule has 0 aliphatic carbocycles. The molecular weight excluding hydrogens is 244 g/mol. The maximum Gasteiger partial charge on any atom is 0.303 e. The van der Waals surface area contributed by atoms with Gasteiger partial charge in [0.2, 0.25) is 10.0 Å². The SMILES string of the molecule is NCC1CCN(S(=O)(=O)CCCC(=O)O)CC1. The van der Waals surface area contributed by atoms with Gasteiger partial charge in [-0.25, -0.2) is 12.7 Å². The van der Waals surface area contributed by atoms with Crippen molar-refractivity contribution in [3.05, 3.63) is 0 Å². The van der Waals surface area contributed by atoms with Crippen molar-refractivity contribution in [2.75, 3.05) is 25.4 Å². The number of piperidine rings is 1. The molecule has 0 aromatic rings. The number of carbonyl (C=O) groups is 1. The summed E-state index contributed by atoms with van der Waals surface area (Å²) in [4.78, 5) is 10.3. The van der Waals surface area contributed by atoms with Crippen LogP contribution in [0.1, 0.15) is 25.7 Å². The third-order valence-electron chi connectivity index (χ3n) is 3.09. The fourth-order valence-corrected chi connectivity index (χ4v) is 3.49. The second kappa shape index (κ2) is 6.32. The number of sulfonamides is 1. The normalized spacial score (nSPS) is 19.4. The van der Waals surface area contributed by atoms with Gasteiger partial charge in [0.1, 0.15) is 0 Å². The summed E-state index contributed by atoms with van der Waals surface area (Å²) in [6.07, 6.45) is 1.68. The molecule has 1 heterocycles. The average molecular weight is 264 g/mol. The van der Waals surface area contributed by atoms with Crippen LogP contribution in [0.3, 0.4) is 0 Å². The topological polar surface area (TPSA) is 101 Å². The molecule has 1 fully saturated rings. The van der Waals surface area contributed by atoms with Crippen molar-refractivity contribution in [1.82, 2.24) is 4.31 Å². The molecule has 0 saturated carbocycles. The van der Waals surface area contributed by atoms with E-state index in [1.54, 1.807) is 0 Å². The van der Waals surface area contributed by atoms with Gasteiger partial charge in [0.15, 0.2) is 0 Å². The first-order valence-electron chi connectivity index (χ1n) is 5.85. The van der Waals surface area contributed by atoms with E-state index < -0.39 is 16.0 Å². The standard InChI is InChI=1S/C10H20N2O4S/c11-8-9-3-5-12(6-4-9)17(15,16)7-1-2-10(13)14/h9H,1-8,11H2,(H,13,14). The first-order chi connectivity index (χ1) is 7.95. The van der Waals surface area contributed by atoms with Crippen LogP contribution in [-0.2, 0) is 14.8 Å². The zero-order valence-corrected chi connectivity index (χ0v) is 10.7. The number of aliphatic carboxylic acids is 1. The number of carboxylic acid groups (broad SMARTS) is 1. The lowest BCUT2D eigenvalue weighted by Crippen LogP contribution is -2.41. The molecule has 3 N–H and O–H groups in total. The maximum absolute atomic E-state index is 11.9. The van der Waals surface area contributed by atoms with Gasteiger partial charge in [-0.15, -0.1) is 0 Å². The Hall–Kier alpha value is -0.660. The van der Waals surface area contributed by atoms with Crippen molar-refractivity contribution in [3.8, 4) is 0 Å². The van der Waals surface area contributed by atoms with Crippen LogP contribution < -0.4 is 5.73 Å². The molecule has 1 saturated heterocycles. The molecule has 7 heteroatoms. The summed E-state index contributed by atoms with van der Waals surface area (Å²) in [7, 11) is -3.28. The Kier molecular flexibility index (Phi) is 5.35. The van der Waals surface area contributed by atoms with Gasteiger partial charge >= 0.3 is 5.97 Å². The number of rotatable bonds is 6. The fraction of sp³-hybridized carbons (Fsp3) is 0.900. The maximum atomic E-state index is 11.9. The number of hydrogen-bond acceptors (Lipinski definition) is 4. The first kappa shape index (κ1) is 14.4. The lowest BCUT2D eigenvalue weighted by Gasteiger charge is -2.30. The van der Waals surface area contributed by atoms with Crippen molar-refractivity contribution in [3.63, 3.8) is 0 Å². The van der Waals surface area contributed by atoms with Crippen molar-refractivity contribution in [2.45, 2.75) is 25.7 Å². The van der Waals surface area contributed by atoms with Crippen LogP contribution in [0.25, 0.3) is 0 Å². The molecule has 1 aliphatic rings. The fourth-order valence-electron chi connectivity index (χ4n) is 1.96. The molecule has 17 heavy (non-hydrogen) atoms. The summed E-state index contributed by atoms with van der Waals surface area (Å²) in [6.45, 7) is 1.63. The lowest BCUT2D eigenvalue weighted by atomic mass is 9.99. The van der Waals surface area contributed by atoms with E-state index >= 15 is 0 Å². The minimum atomic E-state index is -3.28. The summed E-state index contributed by atoms with van der Waals surface area (Å²) in [5, 5.41) is 8.46. The zero-order chi connectivity index (χ0) is 12.9. The summed E-state index contributed by atoms with van der Waals surface area (Å²) < 4.78 is 25.2. The quantitative estimate of drug-likeness (QED) is 0.695. The molecule has 0 bridgehead atoms. The Morgan fingerprint density at radius 1 is 1.35 bits per heavy atom. The number of nitrogens with zero attached hydrogens (tertiary/aromatic N) is 1. The van der Waals surface area contributed by atoms with Crippen LogP contribution in [0.5, 0.6) is 0 Å². The van der Waals surface area contributed by atoms with E-state index in [0.29, 0.717) is 25.6 Å². The number of hydrogen-bond donors (Lipinski definition) is 2. The molecule has 6 nitrogen and oxygen atoms in total. The van der Waals surface area contributed by atoms with Crippen LogP contribution in [-0.4, -0.2) is 49.2 Å². The van der Waals surface area contributed by atoms with Crippen molar-refractivity contribution in [1.29, 1.82) is 0 Å². The molecule has 0 amide bonds. The second-order valence-corrected chi connectivity index (χ2v) is 6.48. The van der Waals surface area contributed by atoms with Crippen molar-refractivity contribution >= 4 is 16.0 Å². The highest BCUT2D eigenvalue weighted by Gasteiger charge is 2.27. The van der Waals surface area contributed by atoms with E-state index in [-0.39, 0.29) is 18.6 Å². The van der Waals surface area contributed by atoms with Crippen LogP contribution in [0.4, 0.5) is 0 Å². The molecule has 0 spiro atoms. The van der Waals surface area contributed by atoms with Crippen LogP contribution in [0, 0.1) is 5.92 Å². The monoisotopic (exact) mass is 264 g/mol. The third kappa shape index (κ3) is 4.61. The van der Waals surface area contributed by atoms with E-state index in [1.165, 1.54) is 4.31 Å². The summed E-state index contributed by atoms with van der Waals surface area (Å²) in [5.41, 5.74) is 5.54. The van der Waals surface area contributed by atoms with Gasteiger partial charge in [0, 0.05) is 19.5 Å². The summed E-state index contributed by atoms with van der Waals surface area (Å²) >= 11 is 0. The van der Waals surface area contributed by atoms with Crippen LogP contribution in [0.2, 0.25) is 0 Å². The van der Waals surface area contributed by atoms with E-state index in [4.69, 9.17) is 10.8 Å². The third-order valence-corrected chi connectivity index (χ3v) is 5.05. The zero-order valence-electron chi connectivity index (χ0n) is 9.84. The highest BCUT2D eigenvalue weighted by atomic mass is 32.2. The lowest BCUT2D eigenvalue weighted by molar-refractivity contribution is -0.137. The van der Waals surface area contributed by atoms with Gasteiger partial charge in [-0.1, -0.05) is 0 Å². The molecule has 0 unspecified atom stereocenters. The molecule has 1 rings (SSSR count). The predicted molar refractivity (Wildman–Crippen MR) is 64.0 cm³/mol. The van der Waals surface area contributed by atoms with E-state index in [1.807, 2.05) is 0 Å². The number of carboxylic acids is 1. The number of nitrogens with two attached hydrogens (primary N) is 1. The predicted octanol–water partition coefficient (Wildman–Crippen LogP) is -0.148. The highest BCUT2D eigenvalue weighted by molar-refractivity contribution is 7.89. The Labute approximate surface area is 102 Å². The molecule has 0 radical (unpaired) electrons. The Bertz CT molecular complexity index is 347. The van der Waals surface area contributed by atoms with E-state index in [2.05, 4.69) is 0 Å². The summed E-state index contributed by atoms with van der Waals surface area (Å²) in [6, 6.07) is 0. The molecule has 0 atom stereocenters. The smallest absolute Gasteiger partial charge is 0.303 e. The van der Waals surface area contributed by atoms with Crippen LogP contribution >= 0.6 is 0 Å². The Morgan fingerprint density at radius 3 is 2.41 bits per heavy atom. The minimum absolute atomic E-state index is 0.0768. The average Bonchev–Trinajstić information content (AvgIpc) is 2.28. The second-order valence-electron chi connectivity index (χ2n) is 4.39. The van der Waals surface area contributed by atoms with Gasteiger partial charge in [-0.3, -0.25) is 4.79 Å². The largest absolute Gasteiger partial charge is 0.481 e. The Morgan fingerprint density at radius 2 is 1.94 bits per heavy atom. The highest BCUT2D eigenvalue weighted by Crippen LogP contribution is 2.19. The van der Waals surface area contributed by atoms with Crippen molar-refractivity contribution in [2.24, 2.45) is 11.7 Å².